The van der Waals surface area contributed by atoms with E-state index in [0.29, 0.717) is 12.2 Å². The van der Waals surface area contributed by atoms with Gasteiger partial charge in [-0.05, 0) is 12.1 Å². The molecule has 2 aromatic rings. The van der Waals surface area contributed by atoms with Gasteiger partial charge < -0.3 is 5.32 Å². The molecular formula is C13H14N2OS2. The first-order chi connectivity index (χ1) is 8.83. The van der Waals surface area contributed by atoms with Gasteiger partial charge >= 0.3 is 0 Å². The number of fused-ring (bicyclic) bond motifs is 1. The molecule has 2 heterocycles. The molecule has 0 aliphatic carbocycles. The third-order valence-corrected chi connectivity index (χ3v) is 5.42. The zero-order valence-corrected chi connectivity index (χ0v) is 11.5. The molecule has 1 fully saturated rings. The van der Waals surface area contributed by atoms with Crippen LogP contribution in [0.5, 0.6) is 0 Å². The van der Waals surface area contributed by atoms with Gasteiger partial charge in [-0.2, -0.15) is 0 Å². The summed E-state index contributed by atoms with van der Waals surface area (Å²) < 4.78 is 2.28. The minimum Gasteiger partial charge on any atom is -0.316 e. The molecule has 0 spiro atoms. The fourth-order valence-corrected chi connectivity index (χ4v) is 4.26. The van der Waals surface area contributed by atoms with Crippen molar-refractivity contribution in [1.29, 1.82) is 0 Å². The predicted octanol–water partition coefficient (Wildman–Crippen LogP) is 2.57. The Morgan fingerprint density at radius 1 is 1.44 bits per heavy atom. The number of hydrogen-bond acceptors (Lipinski definition) is 5. The van der Waals surface area contributed by atoms with Gasteiger partial charge in [0, 0.05) is 31.2 Å². The summed E-state index contributed by atoms with van der Waals surface area (Å²) in [7, 11) is 0. The van der Waals surface area contributed by atoms with Crippen LogP contribution in [0.3, 0.4) is 0 Å². The van der Waals surface area contributed by atoms with Gasteiger partial charge in [-0.3, -0.25) is 4.79 Å². The molecule has 0 saturated carbocycles. The molecule has 18 heavy (non-hydrogen) atoms. The Balaban J connectivity index is 1.67. The maximum absolute atomic E-state index is 11.7. The minimum absolute atomic E-state index is 0.149. The van der Waals surface area contributed by atoms with Crippen molar-refractivity contribution in [2.24, 2.45) is 5.92 Å². The lowest BCUT2D eigenvalue weighted by Crippen LogP contribution is -2.38. The number of carbonyl (C=O) groups excluding carboxylic acids is 1. The van der Waals surface area contributed by atoms with E-state index in [0.717, 1.165) is 28.7 Å². The molecule has 1 aromatic carbocycles. The van der Waals surface area contributed by atoms with Crippen LogP contribution in [0.1, 0.15) is 6.42 Å². The topological polar surface area (TPSA) is 42.0 Å². The highest BCUT2D eigenvalue weighted by atomic mass is 32.2. The molecule has 5 heteroatoms. The lowest BCUT2D eigenvalue weighted by Gasteiger charge is -2.20. The zero-order valence-electron chi connectivity index (χ0n) is 9.89. The van der Waals surface area contributed by atoms with Crippen LogP contribution in [0.15, 0.2) is 28.6 Å². The Morgan fingerprint density at radius 2 is 2.33 bits per heavy atom. The van der Waals surface area contributed by atoms with Crippen molar-refractivity contribution >= 4 is 39.1 Å². The van der Waals surface area contributed by atoms with E-state index >= 15 is 0 Å². The van der Waals surface area contributed by atoms with Crippen molar-refractivity contribution < 1.29 is 4.79 Å². The SMILES string of the molecule is O=C1CCNCC1CSc1nc2ccccc2s1. The van der Waals surface area contributed by atoms with Gasteiger partial charge in [-0.25, -0.2) is 4.98 Å². The minimum atomic E-state index is 0.149. The maximum Gasteiger partial charge on any atom is 0.151 e. The molecule has 1 aromatic heterocycles. The van der Waals surface area contributed by atoms with Crippen LogP contribution in [0, 0.1) is 5.92 Å². The largest absolute Gasteiger partial charge is 0.316 e. The molecule has 3 nitrogen and oxygen atoms in total. The van der Waals surface area contributed by atoms with E-state index in [-0.39, 0.29) is 5.92 Å². The first-order valence-corrected chi connectivity index (χ1v) is 7.85. The summed E-state index contributed by atoms with van der Waals surface area (Å²) in [6.45, 7) is 1.65. The molecule has 0 bridgehead atoms. The first-order valence-electron chi connectivity index (χ1n) is 6.05. The lowest BCUT2D eigenvalue weighted by molar-refractivity contribution is -0.123. The van der Waals surface area contributed by atoms with Crippen LogP contribution < -0.4 is 5.32 Å². The van der Waals surface area contributed by atoms with Gasteiger partial charge in [0.05, 0.1) is 10.2 Å². The summed E-state index contributed by atoms with van der Waals surface area (Å²) >= 11 is 3.41. The smallest absolute Gasteiger partial charge is 0.151 e. The van der Waals surface area contributed by atoms with Crippen LogP contribution in [-0.2, 0) is 4.79 Å². The Morgan fingerprint density at radius 3 is 3.17 bits per heavy atom. The van der Waals surface area contributed by atoms with E-state index in [1.807, 2.05) is 18.2 Å². The number of benzene rings is 1. The highest BCUT2D eigenvalue weighted by Crippen LogP contribution is 2.30. The number of thiazole rings is 1. The maximum atomic E-state index is 11.7. The van der Waals surface area contributed by atoms with Crippen LogP contribution in [0.4, 0.5) is 0 Å². The quantitative estimate of drug-likeness (QED) is 0.876. The number of piperidine rings is 1. The monoisotopic (exact) mass is 278 g/mol. The van der Waals surface area contributed by atoms with Gasteiger partial charge in [0.1, 0.15) is 5.78 Å². The third-order valence-electron chi connectivity index (χ3n) is 3.08. The molecule has 0 radical (unpaired) electrons. The molecule has 1 atom stereocenters. The normalized spacial score (nSPS) is 20.4. The number of hydrogen-bond donors (Lipinski definition) is 1. The number of thioether (sulfide) groups is 1. The van der Waals surface area contributed by atoms with E-state index < -0.39 is 0 Å². The molecular weight excluding hydrogens is 264 g/mol. The number of rotatable bonds is 3. The Kier molecular flexibility index (Phi) is 3.63. The van der Waals surface area contributed by atoms with Crippen LogP contribution >= 0.6 is 23.1 Å². The van der Waals surface area contributed by atoms with E-state index in [1.165, 1.54) is 4.70 Å². The molecule has 1 aliphatic rings. The number of para-hydroxylation sites is 1. The van der Waals surface area contributed by atoms with Crippen molar-refractivity contribution in [1.82, 2.24) is 10.3 Å². The second kappa shape index (κ2) is 5.38. The van der Waals surface area contributed by atoms with Gasteiger partial charge in [0.25, 0.3) is 0 Å². The average molecular weight is 278 g/mol. The highest BCUT2D eigenvalue weighted by molar-refractivity contribution is 8.01. The molecule has 1 aliphatic heterocycles. The number of ketones is 1. The molecule has 3 rings (SSSR count). The third kappa shape index (κ3) is 2.58. The van der Waals surface area contributed by atoms with Crippen LogP contribution in [0.2, 0.25) is 0 Å². The summed E-state index contributed by atoms with van der Waals surface area (Å²) in [5.74, 6) is 1.38. The number of carbonyl (C=O) groups is 1. The standard InChI is InChI=1S/C13H14N2OS2/c16-11-5-6-14-7-9(11)8-17-13-15-10-3-1-2-4-12(10)18-13/h1-4,9,14H,5-8H2. The van der Waals surface area contributed by atoms with E-state index in [4.69, 9.17) is 0 Å². The number of aromatic nitrogens is 1. The van der Waals surface area contributed by atoms with Gasteiger partial charge in [-0.1, -0.05) is 23.9 Å². The summed E-state index contributed by atoms with van der Waals surface area (Å²) in [5.41, 5.74) is 1.05. The molecule has 94 valence electrons. The summed E-state index contributed by atoms with van der Waals surface area (Å²) in [6.07, 6.45) is 0.672. The van der Waals surface area contributed by atoms with E-state index in [1.54, 1.807) is 23.1 Å². The van der Waals surface area contributed by atoms with E-state index in [2.05, 4.69) is 16.4 Å². The van der Waals surface area contributed by atoms with Crippen molar-refractivity contribution in [3.8, 4) is 0 Å². The Bertz CT molecular complexity index is 534. The Hall–Kier alpha value is -0.910. The number of Topliss-reactive ketones (excluding diaryl/α,β-unsaturated/α-hetero) is 1. The fourth-order valence-electron chi connectivity index (χ4n) is 2.04. The summed E-state index contributed by atoms with van der Waals surface area (Å²) in [6, 6.07) is 8.15. The highest BCUT2D eigenvalue weighted by Gasteiger charge is 2.22. The van der Waals surface area contributed by atoms with Crippen molar-refractivity contribution in [2.45, 2.75) is 10.8 Å². The molecule has 1 N–H and O–H groups in total. The molecule has 1 saturated heterocycles. The predicted molar refractivity (Wildman–Crippen MR) is 76.3 cm³/mol. The second-order valence-electron chi connectivity index (χ2n) is 4.38. The Labute approximate surface area is 114 Å². The van der Waals surface area contributed by atoms with Crippen molar-refractivity contribution in [2.75, 3.05) is 18.8 Å². The van der Waals surface area contributed by atoms with Gasteiger partial charge in [-0.15, -0.1) is 11.3 Å². The van der Waals surface area contributed by atoms with Crippen LogP contribution in [-0.4, -0.2) is 29.6 Å². The average Bonchev–Trinajstić information content (AvgIpc) is 2.80. The number of nitrogens with one attached hydrogen (secondary N) is 1. The van der Waals surface area contributed by atoms with E-state index in [9.17, 15) is 4.79 Å². The first kappa shape index (κ1) is 12.1. The second-order valence-corrected chi connectivity index (χ2v) is 6.67. The van der Waals surface area contributed by atoms with Crippen molar-refractivity contribution in [3.63, 3.8) is 0 Å². The summed E-state index contributed by atoms with van der Waals surface area (Å²) in [5, 5.41) is 3.28. The fraction of sp³-hybridized carbons (Fsp3) is 0.385. The van der Waals surface area contributed by atoms with Crippen molar-refractivity contribution in [3.05, 3.63) is 24.3 Å². The van der Waals surface area contributed by atoms with Crippen LogP contribution in [0.25, 0.3) is 10.2 Å². The molecule has 0 amide bonds. The van der Waals surface area contributed by atoms with Gasteiger partial charge in [0.15, 0.2) is 4.34 Å². The molecule has 1 unspecified atom stereocenters. The number of nitrogens with zero attached hydrogens (tertiary/aromatic N) is 1. The van der Waals surface area contributed by atoms with Gasteiger partial charge in [0.2, 0.25) is 0 Å². The zero-order chi connectivity index (χ0) is 12.4. The lowest BCUT2D eigenvalue weighted by atomic mass is 10.0. The summed E-state index contributed by atoms with van der Waals surface area (Å²) in [4.78, 5) is 16.3.